The highest BCUT2D eigenvalue weighted by Crippen LogP contribution is 2.14. The third-order valence-corrected chi connectivity index (χ3v) is 1.77. The summed E-state index contributed by atoms with van der Waals surface area (Å²) in [7, 11) is 0. The van der Waals surface area contributed by atoms with Crippen molar-refractivity contribution in [1.82, 2.24) is 9.97 Å². The smallest absolute Gasteiger partial charge is 0.0987 e. The van der Waals surface area contributed by atoms with Crippen molar-refractivity contribution in [2.45, 2.75) is 6.92 Å². The second-order valence-corrected chi connectivity index (χ2v) is 2.83. The molecular formula is C11H9N2. The second-order valence-electron chi connectivity index (χ2n) is 2.83. The fourth-order valence-corrected chi connectivity index (χ4v) is 1.16. The lowest BCUT2D eigenvalue weighted by Crippen LogP contribution is -1.86. The first-order chi connectivity index (χ1) is 6.36. The van der Waals surface area contributed by atoms with Gasteiger partial charge in [-0.15, -0.1) is 0 Å². The number of aromatic nitrogens is 2. The van der Waals surface area contributed by atoms with Gasteiger partial charge < -0.3 is 0 Å². The molecule has 0 bridgehead atoms. The summed E-state index contributed by atoms with van der Waals surface area (Å²) in [5.41, 5.74) is 2.87. The molecule has 0 unspecified atom stereocenters. The molecule has 2 aromatic rings. The molecule has 0 saturated heterocycles. The van der Waals surface area contributed by atoms with Crippen LogP contribution in [-0.4, -0.2) is 9.97 Å². The molecule has 0 atom stereocenters. The Labute approximate surface area is 77.3 Å². The van der Waals surface area contributed by atoms with Crippen LogP contribution in [0.25, 0.3) is 11.3 Å². The summed E-state index contributed by atoms with van der Waals surface area (Å²) < 4.78 is 0. The molecule has 2 rings (SSSR count). The zero-order valence-electron chi connectivity index (χ0n) is 7.36. The molecule has 0 aliphatic rings. The zero-order valence-corrected chi connectivity index (χ0v) is 7.36. The molecule has 13 heavy (non-hydrogen) atoms. The van der Waals surface area contributed by atoms with Crippen molar-refractivity contribution in [2.24, 2.45) is 0 Å². The Kier molecular flexibility index (Phi) is 2.04. The van der Waals surface area contributed by atoms with Crippen molar-refractivity contribution in [3.63, 3.8) is 0 Å². The average molecular weight is 169 g/mol. The van der Waals surface area contributed by atoms with Gasteiger partial charge in [-0.25, -0.2) is 0 Å². The number of hydrogen-bond acceptors (Lipinski definition) is 2. The van der Waals surface area contributed by atoms with E-state index in [1.54, 1.807) is 6.20 Å². The third-order valence-electron chi connectivity index (χ3n) is 1.77. The van der Waals surface area contributed by atoms with Gasteiger partial charge >= 0.3 is 0 Å². The van der Waals surface area contributed by atoms with Crippen LogP contribution in [0.3, 0.4) is 0 Å². The quantitative estimate of drug-likeness (QED) is 0.654. The molecule has 1 radical (unpaired) electrons. The molecule has 0 aliphatic carbocycles. The molecule has 0 saturated carbocycles. The van der Waals surface area contributed by atoms with Crippen LogP contribution in [0.15, 0.2) is 36.5 Å². The van der Waals surface area contributed by atoms with Crippen LogP contribution < -0.4 is 0 Å². The van der Waals surface area contributed by atoms with Crippen molar-refractivity contribution < 1.29 is 0 Å². The highest BCUT2D eigenvalue weighted by Gasteiger charge is 1.97. The second kappa shape index (κ2) is 3.35. The van der Waals surface area contributed by atoms with Crippen LogP contribution in [0.1, 0.15) is 5.69 Å². The molecule has 0 N–H and O–H groups in total. The minimum atomic E-state index is 0.924. The molecule has 0 aliphatic heterocycles. The van der Waals surface area contributed by atoms with Crippen molar-refractivity contribution in [1.29, 1.82) is 0 Å². The van der Waals surface area contributed by atoms with E-state index in [2.05, 4.69) is 16.2 Å². The number of aryl methyl sites for hydroxylation is 1. The minimum absolute atomic E-state index is 0.924. The predicted molar refractivity (Wildman–Crippen MR) is 51.0 cm³/mol. The first kappa shape index (κ1) is 7.92. The van der Waals surface area contributed by atoms with E-state index in [0.717, 1.165) is 17.0 Å². The molecule has 63 valence electrons. The molecule has 0 spiro atoms. The van der Waals surface area contributed by atoms with E-state index in [4.69, 9.17) is 0 Å². The number of pyridine rings is 2. The fourth-order valence-electron chi connectivity index (χ4n) is 1.16. The molecule has 0 aromatic carbocycles. The first-order valence-electron chi connectivity index (χ1n) is 4.13. The molecule has 2 heterocycles. The predicted octanol–water partition coefficient (Wildman–Crippen LogP) is 2.25. The molecule has 2 heteroatoms. The molecule has 0 amide bonds. The van der Waals surface area contributed by atoms with Gasteiger partial charge in [0.25, 0.3) is 0 Å². The van der Waals surface area contributed by atoms with Gasteiger partial charge in [0.2, 0.25) is 0 Å². The SMILES string of the molecule is Cc1cccc(-c2[c]nccc2)n1. The van der Waals surface area contributed by atoms with Crippen LogP contribution in [0, 0.1) is 13.1 Å². The Bertz CT molecular complexity index is 396. The van der Waals surface area contributed by atoms with E-state index < -0.39 is 0 Å². The average Bonchev–Trinajstić information content (AvgIpc) is 2.19. The lowest BCUT2D eigenvalue weighted by molar-refractivity contribution is 1.19. The minimum Gasteiger partial charge on any atom is -0.254 e. The summed E-state index contributed by atoms with van der Waals surface area (Å²) >= 11 is 0. The first-order valence-corrected chi connectivity index (χ1v) is 4.13. The van der Waals surface area contributed by atoms with Gasteiger partial charge in [0, 0.05) is 17.5 Å². The van der Waals surface area contributed by atoms with E-state index in [9.17, 15) is 0 Å². The zero-order chi connectivity index (χ0) is 9.10. The maximum Gasteiger partial charge on any atom is 0.0987 e. The summed E-state index contributed by atoms with van der Waals surface area (Å²) in [6.45, 7) is 1.97. The number of rotatable bonds is 1. The summed E-state index contributed by atoms with van der Waals surface area (Å²) in [6.07, 6.45) is 4.61. The van der Waals surface area contributed by atoms with Gasteiger partial charge in [0.15, 0.2) is 0 Å². The van der Waals surface area contributed by atoms with Gasteiger partial charge in [0.05, 0.1) is 11.9 Å². The van der Waals surface area contributed by atoms with E-state index in [0.29, 0.717) is 0 Å². The monoisotopic (exact) mass is 169 g/mol. The Balaban J connectivity index is 2.48. The largest absolute Gasteiger partial charge is 0.254 e. The van der Waals surface area contributed by atoms with Crippen LogP contribution in [0.5, 0.6) is 0 Å². The maximum absolute atomic E-state index is 4.37. The Morgan fingerprint density at radius 3 is 2.77 bits per heavy atom. The van der Waals surface area contributed by atoms with E-state index in [1.807, 2.05) is 37.3 Å². The Hall–Kier alpha value is -1.70. The lowest BCUT2D eigenvalue weighted by Gasteiger charge is -1.99. The van der Waals surface area contributed by atoms with Gasteiger partial charge in [0.1, 0.15) is 0 Å². The summed E-state index contributed by atoms with van der Waals surface area (Å²) in [5, 5.41) is 0. The van der Waals surface area contributed by atoms with Crippen molar-refractivity contribution >= 4 is 0 Å². The van der Waals surface area contributed by atoms with Crippen LogP contribution in [-0.2, 0) is 0 Å². The van der Waals surface area contributed by atoms with Crippen molar-refractivity contribution in [2.75, 3.05) is 0 Å². The molecular weight excluding hydrogens is 160 g/mol. The van der Waals surface area contributed by atoms with Crippen molar-refractivity contribution in [3.05, 3.63) is 48.4 Å². The molecule has 2 nitrogen and oxygen atoms in total. The number of hydrogen-bond donors (Lipinski definition) is 0. The van der Waals surface area contributed by atoms with Crippen LogP contribution in [0.4, 0.5) is 0 Å². The summed E-state index contributed by atoms with van der Waals surface area (Å²) in [6, 6.07) is 9.75. The summed E-state index contributed by atoms with van der Waals surface area (Å²) in [5.74, 6) is 0. The molecule has 0 fully saturated rings. The maximum atomic E-state index is 4.37. The fraction of sp³-hybridized carbons (Fsp3) is 0.0909. The van der Waals surface area contributed by atoms with Crippen LogP contribution in [0.2, 0.25) is 0 Å². The van der Waals surface area contributed by atoms with Crippen molar-refractivity contribution in [3.8, 4) is 11.3 Å². The third kappa shape index (κ3) is 1.72. The van der Waals surface area contributed by atoms with E-state index in [-0.39, 0.29) is 0 Å². The van der Waals surface area contributed by atoms with E-state index >= 15 is 0 Å². The van der Waals surface area contributed by atoms with E-state index in [1.165, 1.54) is 0 Å². The van der Waals surface area contributed by atoms with Gasteiger partial charge in [-0.05, 0) is 31.2 Å². The van der Waals surface area contributed by atoms with Gasteiger partial charge in [-0.3, -0.25) is 9.97 Å². The lowest BCUT2D eigenvalue weighted by atomic mass is 10.2. The normalized spacial score (nSPS) is 9.92. The van der Waals surface area contributed by atoms with Gasteiger partial charge in [-0.2, -0.15) is 0 Å². The summed E-state index contributed by atoms with van der Waals surface area (Å²) in [4.78, 5) is 8.30. The molecule has 2 aromatic heterocycles. The number of nitrogens with zero attached hydrogens (tertiary/aromatic N) is 2. The Morgan fingerprint density at radius 1 is 1.15 bits per heavy atom. The Morgan fingerprint density at radius 2 is 2.08 bits per heavy atom. The topological polar surface area (TPSA) is 25.8 Å². The van der Waals surface area contributed by atoms with Crippen LogP contribution >= 0.6 is 0 Å². The highest BCUT2D eigenvalue weighted by molar-refractivity contribution is 5.56. The highest BCUT2D eigenvalue weighted by atomic mass is 14.7. The standard InChI is InChI=1S/C11H9N2/c1-9-4-2-6-11(13-9)10-5-3-7-12-8-10/h2-7H,1H3. The van der Waals surface area contributed by atoms with Gasteiger partial charge in [-0.1, -0.05) is 6.07 Å².